The number of aromatic amines is 1. The molecule has 0 aliphatic heterocycles. The molecule has 1 saturated carbocycles. The second-order valence-electron chi connectivity index (χ2n) is 7.32. The van der Waals surface area contributed by atoms with Crippen molar-refractivity contribution in [2.75, 3.05) is 17.7 Å². The number of rotatable bonds is 10. The summed E-state index contributed by atoms with van der Waals surface area (Å²) in [6, 6.07) is 6.71. The van der Waals surface area contributed by atoms with Crippen LogP contribution in [0.3, 0.4) is 0 Å². The molecule has 29 heavy (non-hydrogen) atoms. The van der Waals surface area contributed by atoms with Crippen LogP contribution >= 0.6 is 11.8 Å². The number of amides is 1. The van der Waals surface area contributed by atoms with Crippen molar-refractivity contribution >= 4 is 29.3 Å². The molecule has 1 amide bonds. The van der Waals surface area contributed by atoms with Gasteiger partial charge in [-0.25, -0.2) is 9.78 Å². The van der Waals surface area contributed by atoms with Crippen molar-refractivity contribution in [3.63, 3.8) is 0 Å². The number of nitrogens with zero attached hydrogens (tertiary/aromatic N) is 2. The number of esters is 1. The quantitative estimate of drug-likeness (QED) is 0.342. The highest BCUT2D eigenvalue weighted by Gasteiger charge is 2.17. The summed E-state index contributed by atoms with van der Waals surface area (Å²) in [5.74, 6) is 1.35. The molecule has 0 spiro atoms. The van der Waals surface area contributed by atoms with Gasteiger partial charge >= 0.3 is 5.97 Å². The molecule has 1 heterocycles. The molecule has 0 atom stereocenters. The first-order chi connectivity index (χ1) is 14.1. The van der Waals surface area contributed by atoms with Gasteiger partial charge in [-0.15, -0.1) is 5.10 Å². The van der Waals surface area contributed by atoms with Crippen LogP contribution < -0.4 is 5.32 Å². The fraction of sp³-hybridized carbons (Fsp3) is 0.524. The van der Waals surface area contributed by atoms with Crippen LogP contribution in [0.25, 0.3) is 0 Å². The van der Waals surface area contributed by atoms with Gasteiger partial charge in [0.2, 0.25) is 11.1 Å². The van der Waals surface area contributed by atoms with Crippen LogP contribution in [-0.2, 0) is 16.0 Å². The standard InChI is InChI=1S/C21H28N4O3S/c1-2-3-12-28-20(27)16-8-10-17(11-9-16)22-19(26)14-29-21-23-18(24-25-21)13-15-6-4-5-7-15/h8-11,15H,2-7,12-14H2,1H3,(H,22,26)(H,23,24,25). The summed E-state index contributed by atoms with van der Waals surface area (Å²) in [7, 11) is 0. The van der Waals surface area contributed by atoms with E-state index in [1.54, 1.807) is 24.3 Å². The molecule has 7 nitrogen and oxygen atoms in total. The van der Waals surface area contributed by atoms with E-state index < -0.39 is 0 Å². The minimum absolute atomic E-state index is 0.143. The number of nitrogens with one attached hydrogen (secondary N) is 2. The molecule has 1 aliphatic carbocycles. The number of thioether (sulfide) groups is 1. The van der Waals surface area contributed by atoms with Crippen molar-refractivity contribution < 1.29 is 14.3 Å². The van der Waals surface area contributed by atoms with Gasteiger partial charge in [0.05, 0.1) is 17.9 Å². The lowest BCUT2D eigenvalue weighted by atomic mass is 10.0. The maximum atomic E-state index is 12.2. The lowest BCUT2D eigenvalue weighted by Gasteiger charge is -2.06. The van der Waals surface area contributed by atoms with E-state index >= 15 is 0 Å². The Labute approximate surface area is 175 Å². The molecule has 2 aromatic rings. The molecule has 156 valence electrons. The smallest absolute Gasteiger partial charge is 0.338 e. The zero-order valence-electron chi connectivity index (χ0n) is 16.8. The van der Waals surface area contributed by atoms with Crippen molar-refractivity contribution in [2.45, 2.75) is 57.0 Å². The molecular formula is C21H28N4O3S. The van der Waals surface area contributed by atoms with Crippen molar-refractivity contribution in [3.05, 3.63) is 35.7 Å². The van der Waals surface area contributed by atoms with Gasteiger partial charge in [0.25, 0.3) is 0 Å². The topological polar surface area (TPSA) is 97.0 Å². The zero-order valence-corrected chi connectivity index (χ0v) is 17.6. The van der Waals surface area contributed by atoms with Crippen molar-refractivity contribution in [2.24, 2.45) is 5.92 Å². The first-order valence-corrected chi connectivity index (χ1v) is 11.2. The van der Waals surface area contributed by atoms with E-state index in [1.807, 2.05) is 6.92 Å². The second-order valence-corrected chi connectivity index (χ2v) is 8.27. The van der Waals surface area contributed by atoms with Gasteiger partial charge < -0.3 is 10.1 Å². The lowest BCUT2D eigenvalue weighted by molar-refractivity contribution is -0.113. The van der Waals surface area contributed by atoms with Gasteiger partial charge in [0.15, 0.2) is 0 Å². The van der Waals surface area contributed by atoms with Crippen molar-refractivity contribution in [3.8, 4) is 0 Å². The summed E-state index contributed by atoms with van der Waals surface area (Å²) in [6.45, 7) is 2.47. The number of unbranched alkanes of at least 4 members (excludes halogenated alkanes) is 1. The van der Waals surface area contributed by atoms with E-state index in [0.717, 1.165) is 25.1 Å². The molecule has 8 heteroatoms. The number of ether oxygens (including phenoxy) is 1. The summed E-state index contributed by atoms with van der Waals surface area (Å²) in [6.07, 6.45) is 7.91. The number of H-pyrrole nitrogens is 1. The van der Waals surface area contributed by atoms with Crippen LogP contribution in [0.15, 0.2) is 29.4 Å². The monoisotopic (exact) mass is 416 g/mol. The fourth-order valence-electron chi connectivity index (χ4n) is 3.33. The van der Waals surface area contributed by atoms with Gasteiger partial charge in [-0.2, -0.15) is 0 Å². The maximum Gasteiger partial charge on any atom is 0.338 e. The van der Waals surface area contributed by atoms with Crippen LogP contribution in [-0.4, -0.2) is 39.4 Å². The summed E-state index contributed by atoms with van der Waals surface area (Å²) in [5.41, 5.74) is 1.11. The average molecular weight is 417 g/mol. The Morgan fingerprint density at radius 1 is 1.24 bits per heavy atom. The first-order valence-electron chi connectivity index (χ1n) is 10.2. The Bertz CT molecular complexity index is 801. The Morgan fingerprint density at radius 2 is 2.00 bits per heavy atom. The second kappa shape index (κ2) is 11.0. The number of carbonyl (C=O) groups excluding carboxylic acids is 2. The molecule has 1 aromatic heterocycles. The fourth-order valence-corrected chi connectivity index (χ4v) is 3.95. The molecule has 0 radical (unpaired) electrons. The number of aromatic nitrogens is 3. The molecule has 0 unspecified atom stereocenters. The number of anilines is 1. The Morgan fingerprint density at radius 3 is 2.72 bits per heavy atom. The number of benzene rings is 1. The molecule has 1 aromatic carbocycles. The summed E-state index contributed by atoms with van der Waals surface area (Å²) in [5, 5.41) is 10.6. The van der Waals surface area contributed by atoms with E-state index in [4.69, 9.17) is 4.74 Å². The Kier molecular flexibility index (Phi) is 8.10. The van der Waals surface area contributed by atoms with Crippen LogP contribution in [0.1, 0.15) is 61.6 Å². The van der Waals surface area contributed by atoms with Gasteiger partial charge in [0.1, 0.15) is 5.82 Å². The summed E-state index contributed by atoms with van der Waals surface area (Å²) in [4.78, 5) is 28.5. The van der Waals surface area contributed by atoms with Crippen LogP contribution in [0, 0.1) is 5.92 Å². The number of carbonyl (C=O) groups is 2. The highest BCUT2D eigenvalue weighted by atomic mass is 32.2. The molecule has 3 rings (SSSR count). The molecular weight excluding hydrogens is 388 g/mol. The van der Waals surface area contributed by atoms with Gasteiger partial charge in [-0.05, 0) is 36.6 Å². The maximum absolute atomic E-state index is 12.2. The highest BCUT2D eigenvalue weighted by molar-refractivity contribution is 7.99. The predicted octanol–water partition coefficient (Wildman–Crippen LogP) is 4.23. The first kappa shape index (κ1) is 21.4. The van der Waals surface area contributed by atoms with Crippen LogP contribution in [0.4, 0.5) is 5.69 Å². The predicted molar refractivity (Wildman–Crippen MR) is 113 cm³/mol. The number of hydrogen-bond donors (Lipinski definition) is 2. The van der Waals surface area contributed by atoms with Crippen LogP contribution in [0.5, 0.6) is 0 Å². The van der Waals surface area contributed by atoms with E-state index in [-0.39, 0.29) is 17.6 Å². The highest BCUT2D eigenvalue weighted by Crippen LogP contribution is 2.27. The average Bonchev–Trinajstić information content (AvgIpc) is 3.39. The molecule has 0 bridgehead atoms. The van der Waals surface area contributed by atoms with Gasteiger partial charge in [-0.1, -0.05) is 50.8 Å². The SMILES string of the molecule is CCCCOC(=O)c1ccc(NC(=O)CSc2n[nH]c(CC3CCCC3)n2)cc1. The summed E-state index contributed by atoms with van der Waals surface area (Å²) < 4.78 is 5.17. The molecule has 1 aliphatic rings. The Balaban J connectivity index is 1.41. The normalized spacial score (nSPS) is 14.1. The molecule has 2 N–H and O–H groups in total. The lowest BCUT2D eigenvalue weighted by Crippen LogP contribution is -2.14. The Hall–Kier alpha value is -2.35. The van der Waals surface area contributed by atoms with E-state index in [9.17, 15) is 9.59 Å². The molecule has 0 saturated heterocycles. The molecule has 1 fully saturated rings. The van der Waals surface area contributed by atoms with Crippen LogP contribution in [0.2, 0.25) is 0 Å². The van der Waals surface area contributed by atoms with E-state index in [2.05, 4.69) is 20.5 Å². The largest absolute Gasteiger partial charge is 0.462 e. The van der Waals surface area contributed by atoms with Gasteiger partial charge in [0, 0.05) is 12.1 Å². The number of hydrogen-bond acceptors (Lipinski definition) is 6. The third-order valence-corrected chi connectivity index (χ3v) is 5.78. The third-order valence-electron chi connectivity index (χ3n) is 4.94. The zero-order chi connectivity index (χ0) is 20.5. The van der Waals surface area contributed by atoms with Crippen molar-refractivity contribution in [1.29, 1.82) is 0 Å². The van der Waals surface area contributed by atoms with E-state index in [0.29, 0.717) is 28.9 Å². The van der Waals surface area contributed by atoms with Crippen molar-refractivity contribution in [1.82, 2.24) is 15.2 Å². The van der Waals surface area contributed by atoms with E-state index in [1.165, 1.54) is 37.4 Å². The summed E-state index contributed by atoms with van der Waals surface area (Å²) >= 11 is 1.31. The van der Waals surface area contributed by atoms with Gasteiger partial charge in [-0.3, -0.25) is 9.89 Å². The minimum atomic E-state index is -0.343. The third kappa shape index (κ3) is 6.88. The minimum Gasteiger partial charge on any atom is -0.462 e.